The van der Waals surface area contributed by atoms with Crippen LogP contribution in [0.5, 0.6) is 0 Å². The summed E-state index contributed by atoms with van der Waals surface area (Å²) in [5, 5.41) is 4.21. The average Bonchev–Trinajstić information content (AvgIpc) is 2.77. The van der Waals surface area contributed by atoms with Crippen molar-refractivity contribution in [1.82, 2.24) is 10.3 Å². The van der Waals surface area contributed by atoms with E-state index in [4.69, 9.17) is 5.73 Å². The summed E-state index contributed by atoms with van der Waals surface area (Å²) in [6.45, 7) is 6.66. The standard InChI is InChI=1S/C15H25N3OS/c1-9-14(20-11(3)17-9)10(2)18-15(19)13-7-5-4-6-12(13)8-16/h10,12-13H,4-8,16H2,1-3H3,(H,18,19). The molecule has 3 unspecified atom stereocenters. The largest absolute Gasteiger partial charge is 0.348 e. The third kappa shape index (κ3) is 3.38. The normalized spacial score (nSPS) is 24.4. The number of carbonyl (C=O) groups is 1. The number of aryl methyl sites for hydroxylation is 2. The smallest absolute Gasteiger partial charge is 0.223 e. The Morgan fingerprint density at radius 1 is 1.45 bits per heavy atom. The molecule has 1 saturated carbocycles. The highest BCUT2D eigenvalue weighted by Crippen LogP contribution is 2.31. The molecule has 20 heavy (non-hydrogen) atoms. The molecular weight excluding hydrogens is 270 g/mol. The van der Waals surface area contributed by atoms with E-state index < -0.39 is 0 Å². The molecule has 0 saturated heterocycles. The number of hydrogen-bond donors (Lipinski definition) is 2. The first-order valence-corrected chi connectivity index (χ1v) is 8.29. The predicted octanol–water partition coefficient (Wildman–Crippen LogP) is 2.70. The molecule has 1 fully saturated rings. The van der Waals surface area contributed by atoms with Gasteiger partial charge in [0, 0.05) is 10.8 Å². The van der Waals surface area contributed by atoms with E-state index in [9.17, 15) is 4.79 Å². The van der Waals surface area contributed by atoms with Crippen molar-refractivity contribution in [3.63, 3.8) is 0 Å². The van der Waals surface area contributed by atoms with Gasteiger partial charge in [-0.2, -0.15) is 0 Å². The van der Waals surface area contributed by atoms with Crippen molar-refractivity contribution in [3.05, 3.63) is 15.6 Å². The molecule has 112 valence electrons. The van der Waals surface area contributed by atoms with Gasteiger partial charge in [0.1, 0.15) is 0 Å². The SMILES string of the molecule is Cc1nc(C)c(C(C)NC(=O)C2CCCCC2CN)s1. The Morgan fingerprint density at radius 2 is 2.15 bits per heavy atom. The van der Waals surface area contributed by atoms with E-state index in [-0.39, 0.29) is 17.9 Å². The Kier molecular flexibility index (Phi) is 5.16. The highest BCUT2D eigenvalue weighted by atomic mass is 32.1. The van der Waals surface area contributed by atoms with Gasteiger partial charge < -0.3 is 11.1 Å². The van der Waals surface area contributed by atoms with Gasteiger partial charge in [-0.15, -0.1) is 11.3 Å². The number of rotatable bonds is 4. The molecule has 0 aromatic carbocycles. The van der Waals surface area contributed by atoms with Crippen LogP contribution in [0.2, 0.25) is 0 Å². The molecule has 1 aliphatic carbocycles. The van der Waals surface area contributed by atoms with Crippen LogP contribution in [0.4, 0.5) is 0 Å². The van der Waals surface area contributed by atoms with Gasteiger partial charge in [-0.1, -0.05) is 12.8 Å². The van der Waals surface area contributed by atoms with Gasteiger partial charge in [0.15, 0.2) is 0 Å². The van der Waals surface area contributed by atoms with Crippen molar-refractivity contribution < 1.29 is 4.79 Å². The first-order chi connectivity index (χ1) is 9.52. The van der Waals surface area contributed by atoms with Crippen LogP contribution in [0, 0.1) is 25.7 Å². The fourth-order valence-electron chi connectivity index (χ4n) is 3.17. The summed E-state index contributed by atoms with van der Waals surface area (Å²) in [4.78, 5) is 18.1. The molecule has 1 amide bonds. The van der Waals surface area contributed by atoms with Crippen molar-refractivity contribution in [1.29, 1.82) is 0 Å². The van der Waals surface area contributed by atoms with E-state index >= 15 is 0 Å². The summed E-state index contributed by atoms with van der Waals surface area (Å²) in [6.07, 6.45) is 4.40. The lowest BCUT2D eigenvalue weighted by Crippen LogP contribution is -2.40. The highest BCUT2D eigenvalue weighted by Gasteiger charge is 2.31. The van der Waals surface area contributed by atoms with Crippen LogP contribution in [0.1, 0.15) is 54.2 Å². The van der Waals surface area contributed by atoms with Crippen molar-refractivity contribution >= 4 is 17.2 Å². The Hall–Kier alpha value is -0.940. The van der Waals surface area contributed by atoms with Crippen molar-refractivity contribution in [2.24, 2.45) is 17.6 Å². The second kappa shape index (κ2) is 6.68. The van der Waals surface area contributed by atoms with Crippen molar-refractivity contribution in [2.75, 3.05) is 6.54 Å². The number of thiazole rings is 1. The van der Waals surface area contributed by atoms with Gasteiger partial charge in [-0.25, -0.2) is 4.98 Å². The minimum absolute atomic E-state index is 0.0362. The van der Waals surface area contributed by atoms with Crippen LogP contribution in [-0.4, -0.2) is 17.4 Å². The van der Waals surface area contributed by atoms with Crippen LogP contribution in [0.15, 0.2) is 0 Å². The highest BCUT2D eigenvalue weighted by molar-refractivity contribution is 7.11. The average molecular weight is 295 g/mol. The minimum Gasteiger partial charge on any atom is -0.348 e. The number of aromatic nitrogens is 1. The molecule has 0 spiro atoms. The molecule has 0 aliphatic heterocycles. The van der Waals surface area contributed by atoms with Crippen LogP contribution < -0.4 is 11.1 Å². The van der Waals surface area contributed by atoms with E-state index in [0.717, 1.165) is 34.8 Å². The van der Waals surface area contributed by atoms with Gasteiger partial charge in [0.25, 0.3) is 0 Å². The minimum atomic E-state index is 0.0362. The monoisotopic (exact) mass is 295 g/mol. The quantitative estimate of drug-likeness (QED) is 0.897. The Labute approximate surface area is 125 Å². The lowest BCUT2D eigenvalue weighted by Gasteiger charge is -2.30. The van der Waals surface area contributed by atoms with Crippen LogP contribution >= 0.6 is 11.3 Å². The molecule has 3 atom stereocenters. The van der Waals surface area contributed by atoms with Gasteiger partial charge >= 0.3 is 0 Å². The first kappa shape index (κ1) is 15.4. The zero-order valence-electron chi connectivity index (χ0n) is 12.6. The lowest BCUT2D eigenvalue weighted by atomic mass is 9.78. The number of carbonyl (C=O) groups excluding carboxylic acids is 1. The summed E-state index contributed by atoms with van der Waals surface area (Å²) < 4.78 is 0. The summed E-state index contributed by atoms with van der Waals surface area (Å²) in [6, 6.07) is 0.0362. The number of hydrogen-bond acceptors (Lipinski definition) is 4. The molecular formula is C15H25N3OS. The van der Waals surface area contributed by atoms with Gasteiger partial charge in [-0.3, -0.25) is 4.79 Å². The van der Waals surface area contributed by atoms with Crippen LogP contribution in [-0.2, 0) is 4.79 Å². The Morgan fingerprint density at radius 3 is 2.75 bits per heavy atom. The fraction of sp³-hybridized carbons (Fsp3) is 0.733. The van der Waals surface area contributed by atoms with Gasteiger partial charge in [-0.05, 0) is 46.1 Å². The van der Waals surface area contributed by atoms with E-state index in [2.05, 4.69) is 10.3 Å². The zero-order valence-corrected chi connectivity index (χ0v) is 13.4. The molecule has 1 aromatic heterocycles. The third-order valence-electron chi connectivity index (χ3n) is 4.24. The fourth-order valence-corrected chi connectivity index (χ4v) is 4.10. The lowest BCUT2D eigenvalue weighted by molar-refractivity contribution is -0.128. The molecule has 1 heterocycles. The summed E-state index contributed by atoms with van der Waals surface area (Å²) in [5.74, 6) is 0.601. The number of nitrogens with two attached hydrogens (primary N) is 1. The first-order valence-electron chi connectivity index (χ1n) is 7.47. The molecule has 1 aliphatic rings. The maximum atomic E-state index is 12.5. The summed E-state index contributed by atoms with van der Waals surface area (Å²) >= 11 is 1.67. The van der Waals surface area contributed by atoms with E-state index in [0.29, 0.717) is 12.5 Å². The number of nitrogens with one attached hydrogen (secondary N) is 1. The molecule has 5 heteroatoms. The van der Waals surface area contributed by atoms with Crippen LogP contribution in [0.3, 0.4) is 0 Å². The molecule has 2 rings (SSSR count). The molecule has 0 bridgehead atoms. The maximum Gasteiger partial charge on any atom is 0.223 e. The second-order valence-electron chi connectivity index (χ2n) is 5.80. The Balaban J connectivity index is 2.01. The van der Waals surface area contributed by atoms with Crippen molar-refractivity contribution in [2.45, 2.75) is 52.5 Å². The number of nitrogens with zero attached hydrogens (tertiary/aromatic N) is 1. The Bertz CT molecular complexity index is 472. The van der Waals surface area contributed by atoms with E-state index in [1.165, 1.54) is 6.42 Å². The second-order valence-corrected chi connectivity index (χ2v) is 7.03. The molecule has 0 radical (unpaired) electrons. The predicted molar refractivity (Wildman–Crippen MR) is 82.6 cm³/mol. The van der Waals surface area contributed by atoms with Gasteiger partial charge in [0.05, 0.1) is 16.7 Å². The number of amides is 1. The summed E-state index contributed by atoms with van der Waals surface area (Å²) in [7, 11) is 0. The maximum absolute atomic E-state index is 12.5. The molecule has 3 N–H and O–H groups in total. The topological polar surface area (TPSA) is 68.0 Å². The van der Waals surface area contributed by atoms with Crippen LogP contribution in [0.25, 0.3) is 0 Å². The third-order valence-corrected chi connectivity index (χ3v) is 5.50. The zero-order chi connectivity index (χ0) is 14.7. The molecule has 1 aromatic rings. The van der Waals surface area contributed by atoms with Crippen molar-refractivity contribution in [3.8, 4) is 0 Å². The van der Waals surface area contributed by atoms with Gasteiger partial charge in [0.2, 0.25) is 5.91 Å². The summed E-state index contributed by atoms with van der Waals surface area (Å²) in [5.41, 5.74) is 6.84. The van der Waals surface area contributed by atoms with E-state index in [1.54, 1.807) is 11.3 Å². The van der Waals surface area contributed by atoms with E-state index in [1.807, 2.05) is 20.8 Å². The molecule has 4 nitrogen and oxygen atoms in total.